The van der Waals surface area contributed by atoms with Crippen LogP contribution in [-0.2, 0) is 14.2 Å². The van der Waals surface area contributed by atoms with Crippen molar-refractivity contribution >= 4 is 36.1 Å². The lowest BCUT2D eigenvalue weighted by Gasteiger charge is -2.16. The number of unbranched alkanes of at least 4 members (excludes halogenated alkanes) is 3. The Labute approximate surface area is 251 Å². The van der Waals surface area contributed by atoms with Crippen LogP contribution in [0.3, 0.4) is 0 Å². The molecule has 12 nitrogen and oxygen atoms in total. The Balaban J connectivity index is 2.94. The standard InChI is InChI=1S/C30H54N6O6/c1-7-13-16-22(10-4)19-40-28(37)34-25-31-26(35-29(38)41-20-23(11-5)17-14-8-2)33-27(32-25)36-30(39)42-21-24(12-6)18-15-9-3/h22-24H,7-21H2,1-6H3,(H3,31,32,33,34,35,36,37,38,39). The van der Waals surface area contributed by atoms with Crippen LogP contribution < -0.4 is 16.0 Å². The number of carbonyl (C=O) groups is 3. The predicted molar refractivity (Wildman–Crippen MR) is 165 cm³/mol. The minimum atomic E-state index is -0.748. The summed E-state index contributed by atoms with van der Waals surface area (Å²) in [7, 11) is 0. The summed E-state index contributed by atoms with van der Waals surface area (Å²) in [4.78, 5) is 49.8. The summed E-state index contributed by atoms with van der Waals surface area (Å²) in [6.45, 7) is 13.3. The Morgan fingerprint density at radius 2 is 0.786 bits per heavy atom. The average Bonchev–Trinajstić information content (AvgIpc) is 2.97. The monoisotopic (exact) mass is 594 g/mol. The van der Waals surface area contributed by atoms with Gasteiger partial charge in [-0.15, -0.1) is 0 Å². The van der Waals surface area contributed by atoms with Crippen molar-refractivity contribution in [3.63, 3.8) is 0 Å². The van der Waals surface area contributed by atoms with E-state index in [1.807, 2.05) is 0 Å². The van der Waals surface area contributed by atoms with Crippen molar-refractivity contribution in [2.24, 2.45) is 17.8 Å². The first-order valence-corrected chi connectivity index (χ1v) is 15.8. The van der Waals surface area contributed by atoms with E-state index in [4.69, 9.17) is 14.2 Å². The molecule has 0 aliphatic rings. The quantitative estimate of drug-likeness (QED) is 0.120. The number of carbonyl (C=O) groups excluding carboxylic acids is 3. The van der Waals surface area contributed by atoms with Gasteiger partial charge in [0.05, 0.1) is 19.8 Å². The number of nitrogens with one attached hydrogen (secondary N) is 3. The summed E-state index contributed by atoms with van der Waals surface area (Å²) < 4.78 is 16.1. The Morgan fingerprint density at radius 3 is 1.00 bits per heavy atom. The van der Waals surface area contributed by atoms with E-state index in [0.717, 1.165) is 77.0 Å². The van der Waals surface area contributed by atoms with Crippen LogP contribution in [0, 0.1) is 17.8 Å². The molecule has 3 unspecified atom stereocenters. The molecule has 0 fully saturated rings. The second-order valence-electron chi connectivity index (χ2n) is 10.7. The zero-order chi connectivity index (χ0) is 31.2. The topological polar surface area (TPSA) is 154 Å². The molecule has 0 aromatic carbocycles. The first kappa shape index (κ1) is 36.8. The van der Waals surface area contributed by atoms with Gasteiger partial charge in [-0.2, -0.15) is 15.0 Å². The largest absolute Gasteiger partial charge is 0.449 e. The fourth-order valence-corrected chi connectivity index (χ4v) is 4.20. The molecule has 12 heteroatoms. The highest BCUT2D eigenvalue weighted by Crippen LogP contribution is 2.17. The molecule has 1 rings (SSSR count). The molecule has 1 aromatic rings. The lowest BCUT2D eigenvalue weighted by Crippen LogP contribution is -2.24. The van der Waals surface area contributed by atoms with Crippen LogP contribution in [-0.4, -0.2) is 53.1 Å². The smallest absolute Gasteiger partial charge is 0.414 e. The van der Waals surface area contributed by atoms with Crippen molar-refractivity contribution in [3.8, 4) is 0 Å². The van der Waals surface area contributed by atoms with Gasteiger partial charge in [-0.1, -0.05) is 99.3 Å². The number of amides is 3. The van der Waals surface area contributed by atoms with Crippen LogP contribution in [0.5, 0.6) is 0 Å². The summed E-state index contributed by atoms with van der Waals surface area (Å²) in [5.41, 5.74) is 0. The lowest BCUT2D eigenvalue weighted by atomic mass is 10.0. The summed E-state index contributed by atoms with van der Waals surface area (Å²) in [5, 5.41) is 7.39. The third-order valence-electron chi connectivity index (χ3n) is 7.26. The van der Waals surface area contributed by atoms with E-state index >= 15 is 0 Å². The van der Waals surface area contributed by atoms with E-state index in [0.29, 0.717) is 0 Å². The number of rotatable bonds is 21. The number of hydrogen-bond donors (Lipinski definition) is 3. The molecular weight excluding hydrogens is 540 g/mol. The van der Waals surface area contributed by atoms with Crippen molar-refractivity contribution < 1.29 is 28.6 Å². The number of hydrogen-bond acceptors (Lipinski definition) is 9. The molecule has 240 valence electrons. The van der Waals surface area contributed by atoms with E-state index < -0.39 is 18.3 Å². The van der Waals surface area contributed by atoms with Gasteiger partial charge in [0.15, 0.2) is 0 Å². The van der Waals surface area contributed by atoms with Crippen LogP contribution in [0.25, 0.3) is 0 Å². The summed E-state index contributed by atoms with van der Waals surface area (Å²) in [6.07, 6.45) is 9.70. The zero-order valence-electron chi connectivity index (χ0n) is 26.6. The molecule has 3 N–H and O–H groups in total. The van der Waals surface area contributed by atoms with Crippen molar-refractivity contribution in [1.29, 1.82) is 0 Å². The normalized spacial score (nSPS) is 13.0. The number of ether oxygens (including phenoxy) is 3. The fraction of sp³-hybridized carbons (Fsp3) is 0.800. The SMILES string of the molecule is CCCCC(CC)COC(=O)Nc1nc(NC(=O)OCC(CC)CCCC)nc(NC(=O)OCC(CC)CCCC)n1. The Kier molecular flexibility index (Phi) is 19.7. The van der Waals surface area contributed by atoms with Gasteiger partial charge in [0.25, 0.3) is 0 Å². The maximum atomic E-state index is 12.5. The zero-order valence-corrected chi connectivity index (χ0v) is 26.6. The third-order valence-corrected chi connectivity index (χ3v) is 7.26. The lowest BCUT2D eigenvalue weighted by molar-refractivity contribution is 0.135. The molecule has 0 radical (unpaired) electrons. The van der Waals surface area contributed by atoms with Crippen molar-refractivity contribution in [2.45, 2.75) is 119 Å². The highest BCUT2D eigenvalue weighted by molar-refractivity contribution is 5.86. The first-order chi connectivity index (χ1) is 20.3. The van der Waals surface area contributed by atoms with Crippen LogP contribution in [0.2, 0.25) is 0 Å². The number of anilines is 3. The van der Waals surface area contributed by atoms with Crippen LogP contribution in [0.1, 0.15) is 119 Å². The first-order valence-electron chi connectivity index (χ1n) is 15.8. The highest BCUT2D eigenvalue weighted by atomic mass is 16.6. The molecule has 1 aromatic heterocycles. The maximum Gasteiger partial charge on any atom is 0.414 e. The molecule has 0 aliphatic carbocycles. The van der Waals surface area contributed by atoms with Crippen molar-refractivity contribution in [3.05, 3.63) is 0 Å². The molecule has 3 atom stereocenters. The maximum absolute atomic E-state index is 12.5. The summed E-state index contributed by atoms with van der Waals surface area (Å²) in [6, 6.07) is 0. The molecule has 0 bridgehead atoms. The van der Waals surface area contributed by atoms with Crippen molar-refractivity contribution in [2.75, 3.05) is 35.8 Å². The Morgan fingerprint density at radius 1 is 0.524 bits per heavy atom. The minimum absolute atomic E-state index is 0.203. The van der Waals surface area contributed by atoms with Crippen LogP contribution in [0.15, 0.2) is 0 Å². The Bertz CT molecular complexity index is 792. The number of aromatic nitrogens is 3. The molecule has 42 heavy (non-hydrogen) atoms. The van der Waals surface area contributed by atoms with E-state index in [2.05, 4.69) is 72.4 Å². The number of nitrogens with zero attached hydrogens (tertiary/aromatic N) is 3. The molecular formula is C30H54N6O6. The molecule has 0 spiro atoms. The van der Waals surface area contributed by atoms with Gasteiger partial charge in [0.2, 0.25) is 17.8 Å². The van der Waals surface area contributed by atoms with E-state index in [1.165, 1.54) is 0 Å². The third kappa shape index (κ3) is 16.3. The predicted octanol–water partition coefficient (Wildman–Crippen LogP) is 8.17. The second kappa shape index (κ2) is 22.4. The van der Waals surface area contributed by atoms with E-state index in [1.54, 1.807) is 0 Å². The van der Waals surface area contributed by atoms with Gasteiger partial charge in [-0.25, -0.2) is 14.4 Å². The highest BCUT2D eigenvalue weighted by Gasteiger charge is 2.18. The molecule has 1 heterocycles. The van der Waals surface area contributed by atoms with Crippen LogP contribution in [0.4, 0.5) is 32.2 Å². The molecule has 0 aliphatic heterocycles. The second-order valence-corrected chi connectivity index (χ2v) is 10.7. The van der Waals surface area contributed by atoms with Crippen LogP contribution >= 0.6 is 0 Å². The molecule has 0 saturated carbocycles. The van der Waals surface area contributed by atoms with E-state index in [9.17, 15) is 14.4 Å². The van der Waals surface area contributed by atoms with Gasteiger partial charge in [-0.05, 0) is 37.0 Å². The fourth-order valence-electron chi connectivity index (χ4n) is 4.20. The van der Waals surface area contributed by atoms with Gasteiger partial charge in [0, 0.05) is 0 Å². The molecule has 0 saturated heterocycles. The summed E-state index contributed by atoms with van der Waals surface area (Å²) in [5.74, 6) is 0.146. The van der Waals surface area contributed by atoms with E-state index in [-0.39, 0.29) is 55.4 Å². The van der Waals surface area contributed by atoms with Gasteiger partial charge < -0.3 is 14.2 Å². The Hall–Kier alpha value is -3.18. The van der Waals surface area contributed by atoms with Crippen molar-refractivity contribution in [1.82, 2.24) is 15.0 Å². The van der Waals surface area contributed by atoms with Gasteiger partial charge >= 0.3 is 18.3 Å². The van der Waals surface area contributed by atoms with Gasteiger partial charge in [-0.3, -0.25) is 16.0 Å². The minimum Gasteiger partial charge on any atom is -0.449 e. The molecule has 3 amide bonds. The van der Waals surface area contributed by atoms with Gasteiger partial charge in [0.1, 0.15) is 0 Å². The average molecular weight is 595 g/mol. The summed E-state index contributed by atoms with van der Waals surface area (Å²) >= 11 is 0.